The van der Waals surface area contributed by atoms with Gasteiger partial charge in [0, 0.05) is 22.3 Å². The lowest BCUT2D eigenvalue weighted by Crippen LogP contribution is -2.12. The van der Waals surface area contributed by atoms with Crippen LogP contribution in [0.2, 0.25) is 0 Å². The number of anilines is 1. The molecule has 4 aromatic rings. The molecule has 0 bridgehead atoms. The van der Waals surface area contributed by atoms with Crippen molar-refractivity contribution in [1.29, 1.82) is 0 Å². The van der Waals surface area contributed by atoms with Crippen molar-refractivity contribution in [1.82, 2.24) is 10.2 Å². The first-order valence-electron chi connectivity index (χ1n) is 9.13. The molecule has 0 aliphatic heterocycles. The molecule has 4 rings (SSSR count). The van der Waals surface area contributed by atoms with Crippen molar-refractivity contribution >= 4 is 17.7 Å². The number of amides is 1. The maximum absolute atomic E-state index is 12.5. The summed E-state index contributed by atoms with van der Waals surface area (Å²) in [7, 11) is 1.58. The molecule has 0 saturated heterocycles. The lowest BCUT2D eigenvalue weighted by molar-refractivity contribution is 0.101. The molecule has 0 radical (unpaired) electrons. The van der Waals surface area contributed by atoms with Crippen LogP contribution < -0.4 is 10.1 Å². The number of carbonyl (C=O) groups is 2. The molecule has 148 valence electrons. The van der Waals surface area contributed by atoms with Gasteiger partial charge in [0.05, 0.1) is 7.11 Å². The summed E-state index contributed by atoms with van der Waals surface area (Å²) in [4.78, 5) is 24.9. The number of benzene rings is 3. The van der Waals surface area contributed by atoms with E-state index in [-0.39, 0.29) is 17.7 Å². The van der Waals surface area contributed by atoms with Gasteiger partial charge in [0.25, 0.3) is 5.91 Å². The van der Waals surface area contributed by atoms with E-state index in [1.165, 1.54) is 0 Å². The second kappa shape index (κ2) is 8.40. The molecule has 0 aliphatic rings. The van der Waals surface area contributed by atoms with Crippen LogP contribution in [0.15, 0.2) is 83.3 Å². The van der Waals surface area contributed by atoms with Gasteiger partial charge in [0.15, 0.2) is 5.78 Å². The zero-order valence-electron chi connectivity index (χ0n) is 16.0. The Labute approximate surface area is 172 Å². The summed E-state index contributed by atoms with van der Waals surface area (Å²) in [6.45, 7) is 0. The monoisotopic (exact) mass is 399 g/mol. The van der Waals surface area contributed by atoms with Gasteiger partial charge in [-0.05, 0) is 36.4 Å². The molecule has 0 unspecified atom stereocenters. The Kier molecular flexibility index (Phi) is 5.34. The van der Waals surface area contributed by atoms with Gasteiger partial charge in [-0.3, -0.25) is 14.9 Å². The highest BCUT2D eigenvalue weighted by molar-refractivity contribution is 6.10. The van der Waals surface area contributed by atoms with E-state index in [1.54, 1.807) is 79.9 Å². The molecule has 7 heteroatoms. The predicted molar refractivity (Wildman–Crippen MR) is 111 cm³/mol. The van der Waals surface area contributed by atoms with Gasteiger partial charge in [0.1, 0.15) is 5.75 Å². The Morgan fingerprint density at radius 1 is 0.800 bits per heavy atom. The molecule has 0 aliphatic carbocycles. The van der Waals surface area contributed by atoms with Gasteiger partial charge < -0.3 is 9.15 Å². The quantitative estimate of drug-likeness (QED) is 0.488. The molecule has 30 heavy (non-hydrogen) atoms. The van der Waals surface area contributed by atoms with Crippen molar-refractivity contribution in [2.75, 3.05) is 12.4 Å². The molecule has 1 amide bonds. The fourth-order valence-electron chi connectivity index (χ4n) is 2.82. The smallest absolute Gasteiger partial charge is 0.322 e. The van der Waals surface area contributed by atoms with Gasteiger partial charge >= 0.3 is 6.01 Å². The highest BCUT2D eigenvalue weighted by atomic mass is 16.5. The summed E-state index contributed by atoms with van der Waals surface area (Å²) in [5.41, 5.74) is 2.15. The third-order valence-corrected chi connectivity index (χ3v) is 4.43. The van der Waals surface area contributed by atoms with Crippen molar-refractivity contribution in [2.45, 2.75) is 0 Å². The van der Waals surface area contributed by atoms with Gasteiger partial charge in [-0.1, -0.05) is 47.6 Å². The van der Waals surface area contributed by atoms with Crippen LogP contribution >= 0.6 is 0 Å². The van der Waals surface area contributed by atoms with Crippen LogP contribution in [-0.4, -0.2) is 29.0 Å². The summed E-state index contributed by atoms with van der Waals surface area (Å²) in [6, 6.07) is 22.4. The molecular formula is C23H17N3O4. The van der Waals surface area contributed by atoms with E-state index in [0.717, 1.165) is 0 Å². The van der Waals surface area contributed by atoms with Crippen molar-refractivity contribution in [3.63, 3.8) is 0 Å². The Morgan fingerprint density at radius 3 is 2.10 bits per heavy atom. The minimum absolute atomic E-state index is 0.0183. The van der Waals surface area contributed by atoms with Gasteiger partial charge in [-0.15, -0.1) is 5.10 Å². The number of carbonyl (C=O) groups excluding carboxylic acids is 2. The number of hydrogen-bond donors (Lipinski definition) is 1. The fourth-order valence-corrected chi connectivity index (χ4v) is 2.82. The van der Waals surface area contributed by atoms with E-state index in [9.17, 15) is 9.59 Å². The van der Waals surface area contributed by atoms with Crippen LogP contribution in [0.4, 0.5) is 6.01 Å². The first kappa shape index (κ1) is 19.1. The maximum Gasteiger partial charge on any atom is 0.322 e. The molecular weight excluding hydrogens is 382 g/mol. The Morgan fingerprint density at radius 2 is 1.43 bits per heavy atom. The number of methoxy groups -OCH3 is 1. The van der Waals surface area contributed by atoms with Crippen molar-refractivity contribution < 1.29 is 18.7 Å². The minimum Gasteiger partial charge on any atom is -0.497 e. The Bertz CT molecular complexity index is 1170. The predicted octanol–water partition coefficient (Wildman–Crippen LogP) is 4.23. The highest BCUT2D eigenvalue weighted by Crippen LogP contribution is 2.22. The molecule has 7 nitrogen and oxygen atoms in total. The molecule has 0 fully saturated rings. The summed E-state index contributed by atoms with van der Waals surface area (Å²) < 4.78 is 10.6. The number of aromatic nitrogens is 2. The van der Waals surface area contributed by atoms with Gasteiger partial charge in [-0.25, -0.2) is 0 Å². The molecule has 3 aromatic carbocycles. The number of rotatable bonds is 6. The lowest BCUT2D eigenvalue weighted by atomic mass is 10.0. The van der Waals surface area contributed by atoms with Crippen LogP contribution in [0, 0.1) is 0 Å². The van der Waals surface area contributed by atoms with Gasteiger partial charge in [0.2, 0.25) is 5.89 Å². The summed E-state index contributed by atoms with van der Waals surface area (Å²) in [5, 5.41) is 10.4. The van der Waals surface area contributed by atoms with E-state index in [2.05, 4.69) is 15.5 Å². The zero-order chi connectivity index (χ0) is 20.9. The largest absolute Gasteiger partial charge is 0.497 e. The van der Waals surface area contributed by atoms with Crippen LogP contribution in [-0.2, 0) is 0 Å². The van der Waals surface area contributed by atoms with Crippen molar-refractivity contribution in [3.8, 4) is 17.2 Å². The molecule has 0 saturated carbocycles. The van der Waals surface area contributed by atoms with Crippen LogP contribution in [0.3, 0.4) is 0 Å². The van der Waals surface area contributed by atoms with Crippen LogP contribution in [0.25, 0.3) is 11.5 Å². The zero-order valence-corrected chi connectivity index (χ0v) is 16.0. The standard InChI is InChI=1S/C23H17N3O4/c1-29-19-13-11-18(12-14-19)22-25-26-23(30-22)24-21(28)17-9-7-16(8-10-17)20(27)15-5-3-2-4-6-15/h2-14H,1H3,(H,24,26,28). The van der Waals surface area contributed by atoms with Gasteiger partial charge in [-0.2, -0.15) is 0 Å². The van der Waals surface area contributed by atoms with Crippen molar-refractivity contribution in [2.24, 2.45) is 0 Å². The van der Waals surface area contributed by atoms with Crippen molar-refractivity contribution in [3.05, 3.63) is 95.6 Å². The number of hydrogen-bond acceptors (Lipinski definition) is 6. The first-order valence-corrected chi connectivity index (χ1v) is 9.13. The Hall–Kier alpha value is -4.26. The maximum atomic E-state index is 12.5. The normalized spacial score (nSPS) is 10.4. The van der Waals surface area contributed by atoms with E-state index in [4.69, 9.17) is 9.15 Å². The molecule has 1 N–H and O–H groups in total. The second-order valence-electron chi connectivity index (χ2n) is 6.37. The second-order valence-corrected chi connectivity index (χ2v) is 6.37. The van der Waals surface area contributed by atoms with Crippen LogP contribution in [0.1, 0.15) is 26.3 Å². The topological polar surface area (TPSA) is 94.3 Å². The molecule has 1 aromatic heterocycles. The number of ketones is 1. The number of nitrogens with one attached hydrogen (secondary N) is 1. The highest BCUT2D eigenvalue weighted by Gasteiger charge is 2.14. The average molecular weight is 399 g/mol. The third kappa shape index (κ3) is 4.10. The molecule has 0 atom stereocenters. The van der Waals surface area contributed by atoms with E-state index in [1.807, 2.05) is 6.07 Å². The Balaban J connectivity index is 1.44. The number of nitrogens with zero attached hydrogens (tertiary/aromatic N) is 2. The third-order valence-electron chi connectivity index (χ3n) is 4.43. The SMILES string of the molecule is COc1ccc(-c2nnc(NC(=O)c3ccc(C(=O)c4ccccc4)cc3)o2)cc1. The summed E-state index contributed by atoms with van der Waals surface area (Å²) >= 11 is 0. The lowest BCUT2D eigenvalue weighted by Gasteiger charge is -2.04. The molecule has 0 spiro atoms. The molecule has 1 heterocycles. The van der Waals surface area contributed by atoms with E-state index in [0.29, 0.717) is 28.0 Å². The summed E-state index contributed by atoms with van der Waals surface area (Å²) in [5.74, 6) is 0.458. The average Bonchev–Trinajstić information content (AvgIpc) is 3.27. The van der Waals surface area contributed by atoms with Crippen LogP contribution in [0.5, 0.6) is 5.75 Å². The summed E-state index contributed by atoms with van der Waals surface area (Å²) in [6.07, 6.45) is 0. The van der Waals surface area contributed by atoms with E-state index >= 15 is 0 Å². The number of ether oxygens (including phenoxy) is 1. The van der Waals surface area contributed by atoms with E-state index < -0.39 is 5.91 Å². The minimum atomic E-state index is -0.418. The fraction of sp³-hybridized carbons (Fsp3) is 0.0435. The first-order chi connectivity index (χ1) is 14.6.